The molecule has 0 aliphatic heterocycles. The Kier molecular flexibility index (Phi) is 5.14. The van der Waals surface area contributed by atoms with E-state index in [2.05, 4.69) is 42.0 Å². The van der Waals surface area contributed by atoms with Gasteiger partial charge in [0.15, 0.2) is 0 Å². The summed E-state index contributed by atoms with van der Waals surface area (Å²) in [6.07, 6.45) is 3.55. The number of nitrogens with one attached hydrogen (secondary N) is 1. The highest BCUT2D eigenvalue weighted by Crippen LogP contribution is 2.49. The summed E-state index contributed by atoms with van der Waals surface area (Å²) in [6.45, 7) is 7.46. The van der Waals surface area contributed by atoms with E-state index in [4.69, 9.17) is 11.6 Å². The van der Waals surface area contributed by atoms with Gasteiger partial charge in [0, 0.05) is 16.1 Å². The van der Waals surface area contributed by atoms with Gasteiger partial charge in [0.25, 0.3) is 0 Å². The SMILES string of the molecule is CCNC(c1ccc(Br)c(Cl)c1F)C1CCCC1(C)C. The van der Waals surface area contributed by atoms with E-state index in [0.717, 1.165) is 13.0 Å². The second kappa shape index (κ2) is 6.33. The van der Waals surface area contributed by atoms with E-state index in [1.54, 1.807) is 0 Å². The Morgan fingerprint density at radius 3 is 2.75 bits per heavy atom. The number of halogens is 3. The zero-order chi connectivity index (χ0) is 14.9. The number of rotatable bonds is 4. The van der Waals surface area contributed by atoms with Crippen molar-refractivity contribution in [3.8, 4) is 0 Å². The summed E-state index contributed by atoms with van der Waals surface area (Å²) >= 11 is 9.34. The molecule has 0 bridgehead atoms. The van der Waals surface area contributed by atoms with Gasteiger partial charge in [-0.3, -0.25) is 0 Å². The first-order valence-corrected chi connectivity index (χ1v) is 8.42. The summed E-state index contributed by atoms with van der Waals surface area (Å²) in [4.78, 5) is 0. The average Bonchev–Trinajstić information content (AvgIpc) is 2.74. The maximum atomic E-state index is 14.5. The number of benzene rings is 1. The Hall–Kier alpha value is -0.120. The fourth-order valence-corrected chi connectivity index (χ4v) is 3.92. The minimum absolute atomic E-state index is 0.0306. The molecule has 1 saturated carbocycles. The van der Waals surface area contributed by atoms with Crippen molar-refractivity contribution in [2.45, 2.75) is 46.1 Å². The molecule has 1 aromatic rings. The zero-order valence-electron chi connectivity index (χ0n) is 12.3. The summed E-state index contributed by atoms with van der Waals surface area (Å²) in [5.74, 6) is 0.142. The molecule has 0 aromatic heterocycles. The molecule has 2 unspecified atom stereocenters. The highest BCUT2D eigenvalue weighted by molar-refractivity contribution is 9.10. The molecule has 20 heavy (non-hydrogen) atoms. The van der Waals surface area contributed by atoms with E-state index in [-0.39, 0.29) is 22.3 Å². The van der Waals surface area contributed by atoms with E-state index < -0.39 is 0 Å². The first-order chi connectivity index (χ1) is 9.38. The second-order valence-electron chi connectivity index (χ2n) is 6.29. The first kappa shape index (κ1) is 16.3. The van der Waals surface area contributed by atoms with Gasteiger partial charge in [-0.15, -0.1) is 0 Å². The maximum absolute atomic E-state index is 14.5. The van der Waals surface area contributed by atoms with Crippen LogP contribution in [-0.4, -0.2) is 6.54 Å². The summed E-state index contributed by atoms with van der Waals surface area (Å²) in [5.41, 5.74) is 0.929. The normalized spacial score (nSPS) is 23.0. The lowest BCUT2D eigenvalue weighted by Crippen LogP contribution is -2.34. The van der Waals surface area contributed by atoms with Crippen LogP contribution in [0.1, 0.15) is 51.6 Å². The summed E-state index contributed by atoms with van der Waals surface area (Å²) in [5, 5.41) is 3.65. The Bertz CT molecular complexity index is 490. The standard InChI is InChI=1S/C16H22BrClFN/c1-4-20-15(11-6-5-9-16(11,2)3)10-7-8-12(17)13(18)14(10)19/h7-8,11,15,20H,4-6,9H2,1-3H3. The Balaban J connectivity index is 2.41. The summed E-state index contributed by atoms with van der Waals surface area (Å²) in [7, 11) is 0. The molecule has 4 heteroatoms. The molecular weight excluding hydrogens is 341 g/mol. The lowest BCUT2D eigenvalue weighted by molar-refractivity contribution is 0.196. The fraction of sp³-hybridized carbons (Fsp3) is 0.625. The second-order valence-corrected chi connectivity index (χ2v) is 7.52. The molecule has 1 nitrogen and oxygen atoms in total. The molecule has 1 aromatic carbocycles. The Morgan fingerprint density at radius 1 is 1.50 bits per heavy atom. The average molecular weight is 363 g/mol. The summed E-state index contributed by atoms with van der Waals surface area (Å²) < 4.78 is 15.2. The van der Waals surface area contributed by atoms with Crippen LogP contribution in [0.4, 0.5) is 4.39 Å². The Morgan fingerprint density at radius 2 is 2.20 bits per heavy atom. The van der Waals surface area contributed by atoms with Crippen molar-refractivity contribution >= 4 is 27.5 Å². The lowest BCUT2D eigenvalue weighted by atomic mass is 9.75. The molecule has 0 heterocycles. The van der Waals surface area contributed by atoms with Gasteiger partial charge >= 0.3 is 0 Å². The monoisotopic (exact) mass is 361 g/mol. The van der Waals surface area contributed by atoms with Crippen LogP contribution in [0.15, 0.2) is 16.6 Å². The van der Waals surface area contributed by atoms with E-state index in [9.17, 15) is 4.39 Å². The van der Waals surface area contributed by atoms with Gasteiger partial charge in [-0.25, -0.2) is 4.39 Å². The summed E-state index contributed by atoms with van der Waals surface area (Å²) in [6, 6.07) is 3.73. The minimum Gasteiger partial charge on any atom is -0.310 e. The molecule has 1 N–H and O–H groups in total. The van der Waals surface area contributed by atoms with Gasteiger partial charge in [-0.1, -0.05) is 44.9 Å². The molecule has 1 aliphatic carbocycles. The lowest BCUT2D eigenvalue weighted by Gasteiger charge is -2.35. The van der Waals surface area contributed by atoms with Crippen LogP contribution >= 0.6 is 27.5 Å². The van der Waals surface area contributed by atoms with E-state index in [1.165, 1.54) is 12.8 Å². The van der Waals surface area contributed by atoms with Gasteiger partial charge in [0.05, 0.1) is 5.02 Å². The van der Waals surface area contributed by atoms with Crippen molar-refractivity contribution in [3.05, 3.63) is 33.0 Å². The van der Waals surface area contributed by atoms with Gasteiger partial charge in [0.2, 0.25) is 0 Å². The van der Waals surface area contributed by atoms with Gasteiger partial charge < -0.3 is 5.32 Å². The van der Waals surface area contributed by atoms with Crippen molar-refractivity contribution in [1.82, 2.24) is 5.32 Å². The molecule has 0 radical (unpaired) electrons. The molecule has 0 amide bonds. The van der Waals surface area contributed by atoms with Crippen LogP contribution in [0.25, 0.3) is 0 Å². The van der Waals surface area contributed by atoms with Crippen LogP contribution in [0.2, 0.25) is 5.02 Å². The third kappa shape index (κ3) is 3.05. The molecule has 2 rings (SSSR count). The third-order valence-corrected chi connectivity index (χ3v) is 5.83. The molecule has 1 aliphatic rings. The van der Waals surface area contributed by atoms with Crippen molar-refractivity contribution in [2.24, 2.45) is 11.3 Å². The van der Waals surface area contributed by atoms with Crippen molar-refractivity contribution in [1.29, 1.82) is 0 Å². The van der Waals surface area contributed by atoms with E-state index in [1.807, 2.05) is 12.1 Å². The van der Waals surface area contributed by atoms with E-state index in [0.29, 0.717) is 16.0 Å². The molecule has 1 fully saturated rings. The van der Waals surface area contributed by atoms with Crippen molar-refractivity contribution < 1.29 is 4.39 Å². The van der Waals surface area contributed by atoms with Crippen LogP contribution in [0, 0.1) is 17.2 Å². The Labute approximate surface area is 134 Å². The smallest absolute Gasteiger partial charge is 0.147 e. The van der Waals surface area contributed by atoms with Crippen LogP contribution in [0.5, 0.6) is 0 Å². The zero-order valence-corrected chi connectivity index (χ0v) is 14.6. The predicted octanol–water partition coefficient (Wildman–Crippen LogP) is 5.72. The first-order valence-electron chi connectivity index (χ1n) is 7.25. The van der Waals surface area contributed by atoms with E-state index >= 15 is 0 Å². The third-order valence-electron chi connectivity index (χ3n) is 4.57. The van der Waals surface area contributed by atoms with Crippen molar-refractivity contribution in [3.63, 3.8) is 0 Å². The molecule has 0 saturated heterocycles. The number of hydrogen-bond acceptors (Lipinski definition) is 1. The quantitative estimate of drug-likeness (QED) is 0.676. The largest absolute Gasteiger partial charge is 0.310 e. The molecular formula is C16H22BrClFN. The predicted molar refractivity (Wildman–Crippen MR) is 86.6 cm³/mol. The highest BCUT2D eigenvalue weighted by Gasteiger charge is 2.40. The van der Waals surface area contributed by atoms with Crippen LogP contribution in [0.3, 0.4) is 0 Å². The van der Waals surface area contributed by atoms with Gasteiger partial charge in [-0.2, -0.15) is 0 Å². The minimum atomic E-state index is -0.297. The maximum Gasteiger partial charge on any atom is 0.147 e. The van der Waals surface area contributed by atoms with Gasteiger partial charge in [-0.05, 0) is 52.7 Å². The molecule has 112 valence electrons. The molecule has 0 spiro atoms. The molecule has 2 atom stereocenters. The number of hydrogen-bond donors (Lipinski definition) is 1. The van der Waals surface area contributed by atoms with Gasteiger partial charge in [0.1, 0.15) is 5.82 Å². The van der Waals surface area contributed by atoms with Crippen LogP contribution in [-0.2, 0) is 0 Å². The highest BCUT2D eigenvalue weighted by atomic mass is 79.9. The van der Waals surface area contributed by atoms with Crippen molar-refractivity contribution in [2.75, 3.05) is 6.54 Å². The topological polar surface area (TPSA) is 12.0 Å². The fourth-order valence-electron chi connectivity index (χ4n) is 3.44. The van der Waals surface area contributed by atoms with Crippen LogP contribution < -0.4 is 5.32 Å².